The molecule has 0 amide bonds. The van der Waals surface area contributed by atoms with E-state index in [4.69, 9.17) is 11.6 Å². The van der Waals surface area contributed by atoms with Crippen molar-refractivity contribution in [2.45, 2.75) is 52.0 Å². The summed E-state index contributed by atoms with van der Waals surface area (Å²) in [7, 11) is 0. The zero-order chi connectivity index (χ0) is 10.8. The first-order valence-electron chi connectivity index (χ1n) is 5.05. The van der Waals surface area contributed by atoms with Crippen LogP contribution in [-0.2, 0) is 17.8 Å². The van der Waals surface area contributed by atoms with Crippen LogP contribution >= 0.6 is 11.6 Å². The van der Waals surface area contributed by atoms with Crippen LogP contribution in [0.5, 0.6) is 0 Å². The second kappa shape index (κ2) is 4.30. The largest absolute Gasteiger partial charge is 0.314 e. The predicted octanol–water partition coefficient (Wildman–Crippen LogP) is 2.72. The fraction of sp³-hybridized carbons (Fsp3) is 0.800. The first kappa shape index (κ1) is 11.5. The molecule has 14 heavy (non-hydrogen) atoms. The maximum Gasteiger partial charge on any atom is 0.147 e. The van der Waals surface area contributed by atoms with Crippen LogP contribution in [0, 0.1) is 0 Å². The monoisotopic (exact) mass is 215 g/mol. The Morgan fingerprint density at radius 2 is 1.93 bits per heavy atom. The molecule has 0 spiro atoms. The van der Waals surface area contributed by atoms with Crippen molar-refractivity contribution in [3.63, 3.8) is 0 Å². The molecule has 0 N–H and O–H groups in total. The van der Waals surface area contributed by atoms with Crippen molar-refractivity contribution in [3.8, 4) is 0 Å². The Morgan fingerprint density at radius 1 is 1.29 bits per heavy atom. The van der Waals surface area contributed by atoms with Crippen LogP contribution in [0.1, 0.15) is 45.8 Å². The average molecular weight is 216 g/mol. The van der Waals surface area contributed by atoms with Crippen molar-refractivity contribution in [2.75, 3.05) is 0 Å². The van der Waals surface area contributed by atoms with Gasteiger partial charge in [0.2, 0.25) is 0 Å². The molecule has 0 radical (unpaired) electrons. The van der Waals surface area contributed by atoms with Gasteiger partial charge in [-0.15, -0.1) is 21.8 Å². The second-order valence-corrected chi connectivity index (χ2v) is 4.32. The summed E-state index contributed by atoms with van der Waals surface area (Å²) in [6.07, 6.45) is 1.05. The highest BCUT2D eigenvalue weighted by atomic mass is 35.5. The van der Waals surface area contributed by atoms with Gasteiger partial charge in [0.05, 0.1) is 5.88 Å². The molecular weight excluding hydrogens is 198 g/mol. The molecule has 0 aliphatic rings. The normalized spacial score (nSPS) is 12.1. The van der Waals surface area contributed by atoms with Crippen molar-refractivity contribution in [3.05, 3.63) is 11.6 Å². The van der Waals surface area contributed by atoms with E-state index in [-0.39, 0.29) is 5.41 Å². The van der Waals surface area contributed by atoms with Gasteiger partial charge in [0.15, 0.2) is 0 Å². The summed E-state index contributed by atoms with van der Waals surface area (Å²) in [5.74, 6) is 2.34. The molecule has 0 saturated carbocycles. The summed E-state index contributed by atoms with van der Waals surface area (Å²) in [6.45, 7) is 9.50. The number of rotatable bonds is 4. The Hall–Kier alpha value is -0.570. The van der Waals surface area contributed by atoms with E-state index in [0.29, 0.717) is 5.88 Å². The van der Waals surface area contributed by atoms with Crippen molar-refractivity contribution in [2.24, 2.45) is 0 Å². The molecule has 1 rings (SSSR count). The summed E-state index contributed by atoms with van der Waals surface area (Å²) >= 11 is 5.79. The van der Waals surface area contributed by atoms with E-state index in [1.165, 1.54) is 0 Å². The SMILES string of the molecule is CCn1c(CCl)nnc1C(C)(C)CC. The van der Waals surface area contributed by atoms with Gasteiger partial charge in [0.1, 0.15) is 11.6 Å². The van der Waals surface area contributed by atoms with Crippen LogP contribution in [-0.4, -0.2) is 14.8 Å². The first-order chi connectivity index (χ1) is 6.56. The maximum atomic E-state index is 5.79. The van der Waals surface area contributed by atoms with Crippen LogP contribution in [0.4, 0.5) is 0 Å². The number of alkyl halides is 1. The number of hydrogen-bond acceptors (Lipinski definition) is 2. The Labute approximate surface area is 90.5 Å². The van der Waals surface area contributed by atoms with E-state index >= 15 is 0 Å². The second-order valence-electron chi connectivity index (χ2n) is 4.06. The number of hydrogen-bond donors (Lipinski definition) is 0. The molecule has 0 aliphatic carbocycles. The molecule has 0 fully saturated rings. The van der Waals surface area contributed by atoms with Crippen LogP contribution in [0.25, 0.3) is 0 Å². The van der Waals surface area contributed by atoms with Gasteiger partial charge in [0.25, 0.3) is 0 Å². The zero-order valence-electron chi connectivity index (χ0n) is 9.34. The molecule has 1 heterocycles. The van der Waals surface area contributed by atoms with Gasteiger partial charge in [-0.2, -0.15) is 0 Å². The molecule has 3 nitrogen and oxygen atoms in total. The minimum absolute atomic E-state index is 0.0767. The highest BCUT2D eigenvalue weighted by Gasteiger charge is 2.25. The average Bonchev–Trinajstić information content (AvgIpc) is 2.60. The van der Waals surface area contributed by atoms with Crippen LogP contribution in [0.15, 0.2) is 0 Å². The van der Waals surface area contributed by atoms with E-state index in [0.717, 1.165) is 24.6 Å². The zero-order valence-corrected chi connectivity index (χ0v) is 10.1. The molecule has 0 aliphatic heterocycles. The summed E-state index contributed by atoms with van der Waals surface area (Å²) in [5, 5.41) is 8.33. The van der Waals surface area contributed by atoms with Gasteiger partial charge >= 0.3 is 0 Å². The smallest absolute Gasteiger partial charge is 0.147 e. The Kier molecular flexibility index (Phi) is 3.53. The summed E-state index contributed by atoms with van der Waals surface area (Å²) < 4.78 is 2.11. The van der Waals surface area contributed by atoms with E-state index in [1.807, 2.05) is 0 Å². The van der Waals surface area contributed by atoms with Crippen LogP contribution in [0.2, 0.25) is 0 Å². The van der Waals surface area contributed by atoms with E-state index in [1.54, 1.807) is 0 Å². The standard InChI is InChI=1S/C10H18ClN3/c1-5-10(3,4)9-13-12-8(7-11)14(9)6-2/h5-7H2,1-4H3. The van der Waals surface area contributed by atoms with Gasteiger partial charge in [-0.3, -0.25) is 0 Å². The number of nitrogens with zero attached hydrogens (tertiary/aromatic N) is 3. The minimum Gasteiger partial charge on any atom is -0.314 e. The third-order valence-electron chi connectivity index (χ3n) is 2.75. The molecule has 0 saturated heterocycles. The summed E-state index contributed by atoms with van der Waals surface area (Å²) in [6, 6.07) is 0. The molecular formula is C10H18ClN3. The van der Waals surface area contributed by atoms with Crippen molar-refractivity contribution in [1.82, 2.24) is 14.8 Å². The third-order valence-corrected chi connectivity index (χ3v) is 2.99. The van der Waals surface area contributed by atoms with Crippen LogP contribution < -0.4 is 0 Å². The van der Waals surface area contributed by atoms with Gasteiger partial charge in [-0.05, 0) is 13.3 Å². The number of halogens is 1. The van der Waals surface area contributed by atoms with E-state index in [9.17, 15) is 0 Å². The molecule has 4 heteroatoms. The lowest BCUT2D eigenvalue weighted by Crippen LogP contribution is -2.22. The fourth-order valence-electron chi connectivity index (χ4n) is 1.43. The molecule has 1 aromatic heterocycles. The lowest BCUT2D eigenvalue weighted by atomic mass is 9.89. The Balaban J connectivity index is 3.15. The molecule has 0 unspecified atom stereocenters. The predicted molar refractivity (Wildman–Crippen MR) is 58.6 cm³/mol. The van der Waals surface area contributed by atoms with Gasteiger partial charge in [0, 0.05) is 12.0 Å². The van der Waals surface area contributed by atoms with E-state index < -0.39 is 0 Å². The van der Waals surface area contributed by atoms with Gasteiger partial charge in [-0.25, -0.2) is 0 Å². The lowest BCUT2D eigenvalue weighted by Gasteiger charge is -2.22. The highest BCUT2D eigenvalue weighted by Crippen LogP contribution is 2.25. The van der Waals surface area contributed by atoms with Gasteiger partial charge in [-0.1, -0.05) is 20.8 Å². The molecule has 0 aromatic carbocycles. The molecule has 1 aromatic rings. The van der Waals surface area contributed by atoms with E-state index in [2.05, 4.69) is 42.5 Å². The number of aromatic nitrogens is 3. The third kappa shape index (κ3) is 1.92. The molecule has 0 atom stereocenters. The quantitative estimate of drug-likeness (QED) is 0.724. The van der Waals surface area contributed by atoms with Crippen molar-refractivity contribution < 1.29 is 0 Å². The van der Waals surface area contributed by atoms with Crippen molar-refractivity contribution >= 4 is 11.6 Å². The summed E-state index contributed by atoms with van der Waals surface area (Å²) in [4.78, 5) is 0. The summed E-state index contributed by atoms with van der Waals surface area (Å²) in [5.41, 5.74) is 0.0767. The minimum atomic E-state index is 0.0767. The van der Waals surface area contributed by atoms with Gasteiger partial charge < -0.3 is 4.57 Å². The highest BCUT2D eigenvalue weighted by molar-refractivity contribution is 6.16. The topological polar surface area (TPSA) is 30.7 Å². The van der Waals surface area contributed by atoms with Crippen LogP contribution in [0.3, 0.4) is 0 Å². The Morgan fingerprint density at radius 3 is 2.36 bits per heavy atom. The molecule has 80 valence electrons. The Bertz CT molecular complexity index is 304. The fourth-order valence-corrected chi connectivity index (χ4v) is 1.62. The van der Waals surface area contributed by atoms with Crippen molar-refractivity contribution in [1.29, 1.82) is 0 Å². The lowest BCUT2D eigenvalue weighted by molar-refractivity contribution is 0.444. The molecule has 0 bridgehead atoms. The first-order valence-corrected chi connectivity index (χ1v) is 5.58. The maximum absolute atomic E-state index is 5.79.